The number of nitrogens with zero attached hydrogens (tertiary/aromatic N) is 3. The van der Waals surface area contributed by atoms with Gasteiger partial charge in [0.1, 0.15) is 18.2 Å². The highest BCUT2D eigenvalue weighted by molar-refractivity contribution is 7.99. The van der Waals surface area contributed by atoms with E-state index in [2.05, 4.69) is 10.2 Å². The summed E-state index contributed by atoms with van der Waals surface area (Å²) < 4.78 is 29.4. The summed E-state index contributed by atoms with van der Waals surface area (Å²) in [5.74, 6) is -0.682. The molecule has 1 heterocycles. The van der Waals surface area contributed by atoms with Crippen LogP contribution >= 0.6 is 11.8 Å². The molecule has 7 heteroatoms. The Bertz CT molecular complexity index is 598. The van der Waals surface area contributed by atoms with Crippen molar-refractivity contribution in [2.24, 2.45) is 0 Å². The maximum Gasteiger partial charge on any atom is 0.191 e. The first kappa shape index (κ1) is 15.9. The summed E-state index contributed by atoms with van der Waals surface area (Å²) in [7, 11) is 0. The highest BCUT2D eigenvalue weighted by atomic mass is 32.2. The van der Waals surface area contributed by atoms with Crippen LogP contribution in [-0.4, -0.2) is 19.9 Å². The van der Waals surface area contributed by atoms with E-state index < -0.39 is 16.9 Å². The average molecular weight is 313 g/mol. The van der Waals surface area contributed by atoms with Crippen LogP contribution in [0.4, 0.5) is 8.78 Å². The van der Waals surface area contributed by atoms with Crippen LogP contribution in [0, 0.1) is 11.6 Å². The van der Waals surface area contributed by atoms with Crippen LogP contribution in [0.2, 0.25) is 0 Å². The Morgan fingerprint density at radius 1 is 1.29 bits per heavy atom. The van der Waals surface area contributed by atoms with Crippen molar-refractivity contribution in [1.82, 2.24) is 14.8 Å². The Morgan fingerprint density at radius 3 is 2.52 bits per heavy atom. The van der Waals surface area contributed by atoms with Crippen LogP contribution in [0.25, 0.3) is 0 Å². The molecule has 1 aromatic heterocycles. The molecule has 1 aromatic carbocycles. The van der Waals surface area contributed by atoms with Crippen LogP contribution < -0.4 is 0 Å². The molecule has 0 bridgehead atoms. The third-order valence-corrected chi connectivity index (χ3v) is 4.17. The Hall–Kier alpha value is -1.47. The van der Waals surface area contributed by atoms with E-state index in [1.807, 2.05) is 6.92 Å². The monoisotopic (exact) mass is 313 g/mol. The minimum absolute atomic E-state index is 0.0269. The molecule has 0 aliphatic carbocycles. The number of aromatic nitrogens is 3. The summed E-state index contributed by atoms with van der Waals surface area (Å²) >= 11 is 1.23. The molecule has 114 valence electrons. The fourth-order valence-electron chi connectivity index (χ4n) is 2.09. The normalized spacial score (nSPS) is 12.6. The first-order valence-corrected chi connectivity index (χ1v) is 7.60. The van der Waals surface area contributed by atoms with Crippen molar-refractivity contribution in [2.75, 3.05) is 0 Å². The smallest absolute Gasteiger partial charge is 0.191 e. The molecule has 21 heavy (non-hydrogen) atoms. The topological polar surface area (TPSA) is 50.9 Å². The van der Waals surface area contributed by atoms with Gasteiger partial charge in [-0.3, -0.25) is 0 Å². The molecule has 2 aromatic rings. The van der Waals surface area contributed by atoms with E-state index in [9.17, 15) is 13.9 Å². The van der Waals surface area contributed by atoms with E-state index >= 15 is 0 Å². The highest BCUT2D eigenvalue weighted by Crippen LogP contribution is 2.36. The van der Waals surface area contributed by atoms with Crippen LogP contribution in [0.3, 0.4) is 0 Å². The summed E-state index contributed by atoms with van der Waals surface area (Å²) in [5.41, 5.74) is 0.0269. The van der Waals surface area contributed by atoms with E-state index in [1.165, 1.54) is 30.0 Å². The number of benzene rings is 1. The molecule has 0 saturated heterocycles. The molecule has 1 unspecified atom stereocenters. The molecule has 0 spiro atoms. The van der Waals surface area contributed by atoms with Gasteiger partial charge >= 0.3 is 0 Å². The third-order valence-electron chi connectivity index (χ3n) is 3.07. The predicted octanol–water partition coefficient (Wildman–Crippen LogP) is 3.31. The van der Waals surface area contributed by atoms with Crippen molar-refractivity contribution in [3.05, 3.63) is 41.2 Å². The lowest BCUT2D eigenvalue weighted by atomic mass is 10.1. The van der Waals surface area contributed by atoms with Gasteiger partial charge in [0.2, 0.25) is 0 Å². The third kappa shape index (κ3) is 3.41. The van der Waals surface area contributed by atoms with Crippen LogP contribution in [0.5, 0.6) is 0 Å². The quantitative estimate of drug-likeness (QED) is 0.831. The van der Waals surface area contributed by atoms with Gasteiger partial charge in [0.05, 0.1) is 0 Å². The molecule has 1 N–H and O–H groups in total. The van der Waals surface area contributed by atoms with E-state index in [0.29, 0.717) is 17.5 Å². The zero-order chi connectivity index (χ0) is 15.4. The van der Waals surface area contributed by atoms with Crippen molar-refractivity contribution in [1.29, 1.82) is 0 Å². The molecular weight excluding hydrogens is 296 g/mol. The fourth-order valence-corrected chi connectivity index (χ4v) is 3.16. The van der Waals surface area contributed by atoms with Gasteiger partial charge < -0.3 is 9.67 Å². The zero-order valence-corrected chi connectivity index (χ0v) is 12.7. The lowest BCUT2D eigenvalue weighted by Gasteiger charge is -2.14. The summed E-state index contributed by atoms with van der Waals surface area (Å²) in [6.07, 6.45) is 0.848. The summed E-state index contributed by atoms with van der Waals surface area (Å²) in [6, 6.07) is 3.83. The number of aliphatic hydroxyl groups is 1. The van der Waals surface area contributed by atoms with Gasteiger partial charge in [-0.1, -0.05) is 24.8 Å². The Labute approximate surface area is 126 Å². The molecule has 2 rings (SSSR count). The maximum absolute atomic E-state index is 13.8. The van der Waals surface area contributed by atoms with Gasteiger partial charge in [-0.05, 0) is 25.5 Å². The van der Waals surface area contributed by atoms with Gasteiger partial charge in [0, 0.05) is 17.4 Å². The zero-order valence-electron chi connectivity index (χ0n) is 11.9. The molecule has 0 radical (unpaired) electrons. The Kier molecular flexibility index (Phi) is 5.30. The summed E-state index contributed by atoms with van der Waals surface area (Å²) in [4.78, 5) is 0. The molecular formula is C14H17F2N3OS. The maximum atomic E-state index is 13.8. The van der Waals surface area contributed by atoms with Gasteiger partial charge in [0.15, 0.2) is 11.0 Å². The predicted molar refractivity (Wildman–Crippen MR) is 76.9 cm³/mol. The second-order valence-electron chi connectivity index (χ2n) is 4.60. The highest BCUT2D eigenvalue weighted by Gasteiger charge is 2.20. The fraction of sp³-hybridized carbons (Fsp3) is 0.429. The molecule has 0 saturated carbocycles. The van der Waals surface area contributed by atoms with Crippen molar-refractivity contribution >= 4 is 11.8 Å². The van der Waals surface area contributed by atoms with Gasteiger partial charge in [0.25, 0.3) is 0 Å². The van der Waals surface area contributed by atoms with Gasteiger partial charge in [-0.2, -0.15) is 0 Å². The van der Waals surface area contributed by atoms with E-state index in [4.69, 9.17) is 0 Å². The van der Waals surface area contributed by atoms with E-state index in [0.717, 1.165) is 6.42 Å². The van der Waals surface area contributed by atoms with Crippen molar-refractivity contribution < 1.29 is 13.9 Å². The first-order valence-electron chi connectivity index (χ1n) is 6.72. The number of hydrogen-bond acceptors (Lipinski definition) is 4. The second-order valence-corrected chi connectivity index (χ2v) is 5.91. The summed E-state index contributed by atoms with van der Waals surface area (Å²) in [5, 5.41) is 17.3. The SMILES string of the molecule is CCCn1c(CO)nnc1SC(C)c1c(F)cccc1F. The lowest BCUT2D eigenvalue weighted by Crippen LogP contribution is -2.06. The number of halogens is 2. The molecule has 0 aliphatic heterocycles. The van der Waals surface area contributed by atoms with E-state index in [1.54, 1.807) is 11.5 Å². The van der Waals surface area contributed by atoms with Crippen LogP contribution in [0.15, 0.2) is 23.4 Å². The lowest BCUT2D eigenvalue weighted by molar-refractivity contribution is 0.263. The molecule has 1 atom stereocenters. The van der Waals surface area contributed by atoms with Crippen LogP contribution in [-0.2, 0) is 13.2 Å². The first-order chi connectivity index (χ1) is 10.1. The standard InChI is InChI=1S/C14H17F2N3OS/c1-3-7-19-12(8-20)17-18-14(19)21-9(2)13-10(15)5-4-6-11(13)16/h4-6,9,20H,3,7-8H2,1-2H3. The molecule has 4 nitrogen and oxygen atoms in total. The second kappa shape index (κ2) is 7.00. The number of thioether (sulfide) groups is 1. The largest absolute Gasteiger partial charge is 0.388 e. The number of aliphatic hydroxyl groups excluding tert-OH is 1. The Balaban J connectivity index is 2.27. The number of hydrogen-bond donors (Lipinski definition) is 1. The van der Waals surface area contributed by atoms with Crippen molar-refractivity contribution in [3.63, 3.8) is 0 Å². The molecule has 0 aliphatic rings. The average Bonchev–Trinajstić information content (AvgIpc) is 2.81. The molecule has 0 fully saturated rings. The Morgan fingerprint density at radius 2 is 1.95 bits per heavy atom. The van der Waals surface area contributed by atoms with Crippen molar-refractivity contribution in [2.45, 2.75) is 43.8 Å². The van der Waals surface area contributed by atoms with Gasteiger partial charge in [-0.15, -0.1) is 10.2 Å². The molecule has 0 amide bonds. The van der Waals surface area contributed by atoms with Gasteiger partial charge in [-0.25, -0.2) is 8.78 Å². The van der Waals surface area contributed by atoms with E-state index in [-0.39, 0.29) is 12.2 Å². The van der Waals surface area contributed by atoms with Crippen molar-refractivity contribution in [3.8, 4) is 0 Å². The summed E-state index contributed by atoms with van der Waals surface area (Å²) in [6.45, 7) is 4.15. The number of rotatable bonds is 6. The minimum Gasteiger partial charge on any atom is -0.388 e. The van der Waals surface area contributed by atoms with Crippen LogP contribution in [0.1, 0.15) is 36.9 Å². The minimum atomic E-state index is -0.570.